The number of carbonyl (C=O) groups excluding carboxylic acids is 2. The third-order valence-corrected chi connectivity index (χ3v) is 4.91. The Bertz CT molecular complexity index is 946. The van der Waals surface area contributed by atoms with Gasteiger partial charge in [0, 0.05) is 30.5 Å². The van der Waals surface area contributed by atoms with Crippen molar-refractivity contribution < 1.29 is 9.59 Å². The molecule has 2 heterocycles. The number of hydrogen-bond acceptors (Lipinski definition) is 5. The van der Waals surface area contributed by atoms with Crippen molar-refractivity contribution in [3.05, 3.63) is 40.0 Å². The summed E-state index contributed by atoms with van der Waals surface area (Å²) in [6.07, 6.45) is 0.234. The number of aryl methyl sites for hydroxylation is 3. The number of fused-ring (bicyclic) bond motifs is 1. The second-order valence-electron chi connectivity index (χ2n) is 6.29. The van der Waals surface area contributed by atoms with Crippen LogP contribution in [0.5, 0.6) is 0 Å². The first-order valence-corrected chi connectivity index (χ1v) is 9.23. The molecule has 26 heavy (non-hydrogen) atoms. The van der Waals surface area contributed by atoms with Crippen LogP contribution in [0.1, 0.15) is 35.2 Å². The van der Waals surface area contributed by atoms with Crippen LogP contribution >= 0.6 is 11.3 Å². The molecule has 0 spiro atoms. The van der Waals surface area contributed by atoms with Crippen LogP contribution in [0, 0.1) is 20.8 Å². The first kappa shape index (κ1) is 18.1. The number of rotatable bonds is 6. The molecule has 3 rings (SSSR count). The van der Waals surface area contributed by atoms with Gasteiger partial charge in [-0.1, -0.05) is 23.0 Å². The summed E-state index contributed by atoms with van der Waals surface area (Å²) in [6, 6.07) is 4.22. The third kappa shape index (κ3) is 4.08. The molecule has 0 atom stereocenters. The van der Waals surface area contributed by atoms with Gasteiger partial charge in [0.05, 0.1) is 5.52 Å². The Kier molecular flexibility index (Phi) is 5.32. The van der Waals surface area contributed by atoms with E-state index in [1.54, 1.807) is 0 Å². The quantitative estimate of drug-likeness (QED) is 0.620. The number of amides is 2. The van der Waals surface area contributed by atoms with E-state index in [9.17, 15) is 9.59 Å². The number of aromatic amines is 1. The van der Waals surface area contributed by atoms with Gasteiger partial charge in [-0.15, -0.1) is 10.2 Å². The Hall–Kier alpha value is -2.74. The van der Waals surface area contributed by atoms with Crippen LogP contribution < -0.4 is 10.6 Å². The molecule has 8 heteroatoms. The second kappa shape index (κ2) is 7.65. The zero-order chi connectivity index (χ0) is 18.7. The number of aromatic nitrogens is 3. The summed E-state index contributed by atoms with van der Waals surface area (Å²) in [5.74, 6) is -0.405. The molecule has 0 radical (unpaired) electrons. The Balaban J connectivity index is 1.57. The van der Waals surface area contributed by atoms with Gasteiger partial charge in [-0.2, -0.15) is 0 Å². The summed E-state index contributed by atoms with van der Waals surface area (Å²) < 4.78 is 0. The molecule has 0 aliphatic rings. The zero-order valence-corrected chi connectivity index (χ0v) is 15.8. The van der Waals surface area contributed by atoms with Gasteiger partial charge in [0.2, 0.25) is 16.9 Å². The van der Waals surface area contributed by atoms with Gasteiger partial charge in [-0.25, -0.2) is 0 Å². The highest BCUT2D eigenvalue weighted by Gasteiger charge is 2.12. The van der Waals surface area contributed by atoms with Crippen molar-refractivity contribution >= 4 is 39.2 Å². The molecule has 1 aromatic carbocycles. The van der Waals surface area contributed by atoms with Crippen molar-refractivity contribution in [2.24, 2.45) is 0 Å². The molecule has 0 saturated carbocycles. The van der Waals surface area contributed by atoms with E-state index >= 15 is 0 Å². The highest BCUT2D eigenvalue weighted by molar-refractivity contribution is 7.13. The molecule has 7 nitrogen and oxygen atoms in total. The minimum Gasteiger partial charge on any atom is -0.358 e. The van der Waals surface area contributed by atoms with Crippen molar-refractivity contribution in [1.82, 2.24) is 20.5 Å². The van der Waals surface area contributed by atoms with Crippen LogP contribution in [0.2, 0.25) is 0 Å². The number of nitrogens with one attached hydrogen (secondary N) is 3. The Labute approximate surface area is 155 Å². The van der Waals surface area contributed by atoms with Gasteiger partial charge in [-0.3, -0.25) is 9.59 Å². The Morgan fingerprint density at radius 1 is 1.15 bits per heavy atom. The lowest BCUT2D eigenvalue weighted by molar-refractivity contribution is -0.124. The number of carbonyl (C=O) groups is 2. The molecule has 2 aromatic heterocycles. The van der Waals surface area contributed by atoms with Gasteiger partial charge in [0.15, 0.2) is 0 Å². The predicted octanol–water partition coefficient (Wildman–Crippen LogP) is 2.98. The monoisotopic (exact) mass is 371 g/mol. The molecule has 0 bridgehead atoms. The van der Waals surface area contributed by atoms with E-state index < -0.39 is 0 Å². The molecule has 136 valence electrons. The fraction of sp³-hybridized carbons (Fsp3) is 0.333. The minimum atomic E-state index is -0.245. The SMILES string of the molecule is Cc1cc(CNC(=O)CCC(=O)Nc2nncs2)c2[nH]c(C)c(C)c2c1. The maximum atomic E-state index is 12.1. The maximum Gasteiger partial charge on any atom is 0.226 e. The molecule has 0 aliphatic carbocycles. The van der Waals surface area contributed by atoms with E-state index in [-0.39, 0.29) is 24.7 Å². The van der Waals surface area contributed by atoms with Crippen LogP contribution in [-0.4, -0.2) is 27.0 Å². The van der Waals surface area contributed by atoms with E-state index in [0.29, 0.717) is 11.7 Å². The van der Waals surface area contributed by atoms with Gasteiger partial charge >= 0.3 is 0 Å². The van der Waals surface area contributed by atoms with Crippen LogP contribution in [0.4, 0.5) is 5.13 Å². The van der Waals surface area contributed by atoms with E-state index in [1.165, 1.54) is 27.8 Å². The lowest BCUT2D eigenvalue weighted by atomic mass is 10.0. The van der Waals surface area contributed by atoms with Gasteiger partial charge in [0.25, 0.3) is 0 Å². The molecular formula is C18H21N5O2S. The van der Waals surface area contributed by atoms with Crippen LogP contribution in [-0.2, 0) is 16.1 Å². The van der Waals surface area contributed by atoms with Crippen molar-refractivity contribution in [2.75, 3.05) is 5.32 Å². The summed E-state index contributed by atoms with van der Waals surface area (Å²) in [7, 11) is 0. The van der Waals surface area contributed by atoms with Crippen LogP contribution in [0.15, 0.2) is 17.6 Å². The average Bonchev–Trinajstić information content (AvgIpc) is 3.20. The molecule has 3 aromatic rings. The summed E-state index contributed by atoms with van der Waals surface area (Å²) in [5.41, 5.74) is 7.15. The number of benzene rings is 1. The second-order valence-corrected chi connectivity index (χ2v) is 7.12. The molecular weight excluding hydrogens is 350 g/mol. The highest BCUT2D eigenvalue weighted by Crippen LogP contribution is 2.26. The summed E-state index contributed by atoms with van der Waals surface area (Å²) in [5, 5.41) is 14.5. The van der Waals surface area contributed by atoms with Crippen LogP contribution in [0.25, 0.3) is 10.9 Å². The van der Waals surface area contributed by atoms with Crippen molar-refractivity contribution in [2.45, 2.75) is 40.2 Å². The molecule has 3 N–H and O–H groups in total. The van der Waals surface area contributed by atoms with Crippen molar-refractivity contribution in [3.63, 3.8) is 0 Å². The summed E-state index contributed by atoms with van der Waals surface area (Å²) in [4.78, 5) is 27.3. The Morgan fingerprint density at radius 3 is 2.65 bits per heavy atom. The topological polar surface area (TPSA) is 99.8 Å². The van der Waals surface area contributed by atoms with E-state index in [1.807, 2.05) is 13.8 Å². The lowest BCUT2D eigenvalue weighted by Crippen LogP contribution is -2.24. The van der Waals surface area contributed by atoms with E-state index in [4.69, 9.17) is 0 Å². The zero-order valence-electron chi connectivity index (χ0n) is 15.0. The highest BCUT2D eigenvalue weighted by atomic mass is 32.1. The molecule has 0 aliphatic heterocycles. The summed E-state index contributed by atoms with van der Waals surface area (Å²) in [6.45, 7) is 6.61. The summed E-state index contributed by atoms with van der Waals surface area (Å²) >= 11 is 1.24. The number of nitrogens with zero attached hydrogens (tertiary/aromatic N) is 2. The normalized spacial score (nSPS) is 10.9. The molecule has 0 saturated heterocycles. The fourth-order valence-electron chi connectivity index (χ4n) is 2.85. The maximum absolute atomic E-state index is 12.1. The number of hydrogen-bond donors (Lipinski definition) is 3. The van der Waals surface area contributed by atoms with Crippen molar-refractivity contribution in [1.29, 1.82) is 0 Å². The van der Waals surface area contributed by atoms with Crippen LogP contribution in [0.3, 0.4) is 0 Å². The predicted molar refractivity (Wildman–Crippen MR) is 102 cm³/mol. The third-order valence-electron chi connectivity index (χ3n) is 4.30. The van der Waals surface area contributed by atoms with Gasteiger partial charge < -0.3 is 15.6 Å². The number of anilines is 1. The molecule has 0 unspecified atom stereocenters. The Morgan fingerprint density at radius 2 is 1.92 bits per heavy atom. The van der Waals surface area contributed by atoms with Crippen molar-refractivity contribution in [3.8, 4) is 0 Å². The smallest absolute Gasteiger partial charge is 0.226 e. The largest absolute Gasteiger partial charge is 0.358 e. The lowest BCUT2D eigenvalue weighted by Gasteiger charge is -2.08. The van der Waals surface area contributed by atoms with Gasteiger partial charge in [0.1, 0.15) is 5.51 Å². The van der Waals surface area contributed by atoms with E-state index in [0.717, 1.165) is 22.3 Å². The molecule has 2 amide bonds. The number of H-pyrrole nitrogens is 1. The minimum absolute atomic E-state index is 0.107. The average molecular weight is 371 g/mol. The molecule has 0 fully saturated rings. The van der Waals surface area contributed by atoms with Gasteiger partial charge in [-0.05, 0) is 38.0 Å². The van der Waals surface area contributed by atoms with E-state index in [2.05, 4.69) is 44.9 Å². The fourth-order valence-corrected chi connectivity index (χ4v) is 3.31. The standard InChI is InChI=1S/C18H21N5O2S/c1-10-6-13(17-14(7-10)11(2)12(3)21-17)8-19-15(24)4-5-16(25)22-18-23-20-9-26-18/h6-7,9,21H,4-5,8H2,1-3H3,(H,19,24)(H,22,23,25). The first-order valence-electron chi connectivity index (χ1n) is 8.35. The first-order chi connectivity index (χ1) is 12.4.